The molecule has 0 fully saturated rings. The summed E-state index contributed by atoms with van der Waals surface area (Å²) in [6.45, 7) is 1.30. The minimum Gasteiger partial charge on any atom is -0.462 e. The van der Waals surface area contributed by atoms with E-state index in [0.29, 0.717) is 25.7 Å². The van der Waals surface area contributed by atoms with Gasteiger partial charge in [-0.05, 0) is 96.3 Å². The van der Waals surface area contributed by atoms with Crippen molar-refractivity contribution in [3.8, 4) is 0 Å². The minimum atomic E-state index is -4.88. The van der Waals surface area contributed by atoms with E-state index in [0.717, 1.165) is 64.2 Å². The molecule has 0 rings (SSSR count). The van der Waals surface area contributed by atoms with Crippen LogP contribution >= 0.6 is 15.6 Å². The molecule has 0 amide bonds. The molecule has 0 saturated heterocycles. The van der Waals surface area contributed by atoms with Crippen molar-refractivity contribution in [2.45, 2.75) is 154 Å². The van der Waals surface area contributed by atoms with Crippen molar-refractivity contribution in [3.63, 3.8) is 0 Å². The van der Waals surface area contributed by atoms with E-state index in [2.05, 4.69) is 88.9 Å². The first-order valence-corrected chi connectivity index (χ1v) is 25.0. The Kier molecular flexibility index (Phi) is 38.8. The molecule has 5 N–H and O–H groups in total. The molecular weight excluding hydrogens is 838 g/mol. The lowest BCUT2D eigenvalue weighted by molar-refractivity contribution is -0.161. The summed E-state index contributed by atoms with van der Waals surface area (Å²) >= 11 is 0. The fourth-order valence-electron chi connectivity index (χ4n) is 5.08. The van der Waals surface area contributed by atoms with Crippen molar-refractivity contribution in [1.29, 1.82) is 0 Å². The summed E-state index contributed by atoms with van der Waals surface area (Å²) in [6.07, 6.45) is 45.0. The van der Waals surface area contributed by atoms with Crippen LogP contribution in [0.1, 0.15) is 136 Å². The Labute approximate surface area is 371 Å². The number of carbonyl (C=O) groups excluding carboxylic acids is 2. The predicted molar refractivity (Wildman–Crippen MR) is 245 cm³/mol. The fourth-order valence-corrected chi connectivity index (χ4v) is 6.23. The van der Waals surface area contributed by atoms with Gasteiger partial charge in [0, 0.05) is 12.8 Å². The number of hydrogen-bond acceptors (Lipinski definition) is 11. The molecule has 0 spiro atoms. The Morgan fingerprint density at radius 2 is 0.919 bits per heavy atom. The summed E-state index contributed by atoms with van der Waals surface area (Å²) in [5, 5.41) is 19.3. The van der Waals surface area contributed by atoms with Crippen LogP contribution in [-0.2, 0) is 41.8 Å². The van der Waals surface area contributed by atoms with E-state index < -0.39 is 66.2 Å². The Bertz CT molecular complexity index is 1480. The molecule has 0 radical (unpaired) electrons. The van der Waals surface area contributed by atoms with Gasteiger partial charge in [-0.15, -0.1) is 0 Å². The maximum absolute atomic E-state index is 12.6. The van der Waals surface area contributed by atoms with Crippen LogP contribution in [0.25, 0.3) is 0 Å². The van der Waals surface area contributed by atoms with Crippen LogP contribution in [-0.4, -0.2) is 81.6 Å². The van der Waals surface area contributed by atoms with Gasteiger partial charge in [0.2, 0.25) is 0 Å². The lowest BCUT2D eigenvalue weighted by Crippen LogP contribution is -2.29. The molecule has 0 aromatic carbocycles. The zero-order valence-corrected chi connectivity index (χ0v) is 38.8. The first-order valence-electron chi connectivity index (χ1n) is 22.0. The van der Waals surface area contributed by atoms with Gasteiger partial charge in [-0.1, -0.05) is 124 Å². The number of esters is 2. The Morgan fingerprint density at radius 1 is 0.500 bits per heavy atom. The van der Waals surface area contributed by atoms with Gasteiger partial charge in [0.05, 0.1) is 25.9 Å². The van der Waals surface area contributed by atoms with Gasteiger partial charge in [0.15, 0.2) is 6.10 Å². The third-order valence-corrected chi connectivity index (χ3v) is 10.0. The fraction of sp³-hybridized carbons (Fsp3) is 0.609. The van der Waals surface area contributed by atoms with Gasteiger partial charge < -0.3 is 34.4 Å². The molecule has 14 nitrogen and oxygen atoms in total. The quantitative estimate of drug-likeness (QED) is 0.0167. The highest BCUT2D eigenvalue weighted by Gasteiger charge is 2.28. The second-order valence-corrected chi connectivity index (χ2v) is 17.1. The number of rotatable bonds is 40. The van der Waals surface area contributed by atoms with E-state index in [1.54, 1.807) is 0 Å². The third kappa shape index (κ3) is 43.6. The van der Waals surface area contributed by atoms with Gasteiger partial charge in [-0.25, -0.2) is 9.13 Å². The molecule has 0 bridgehead atoms. The number of unbranched alkanes of at least 4 members (excludes halogenated alkanes) is 5. The molecule has 0 aromatic rings. The molecule has 0 aliphatic heterocycles. The average Bonchev–Trinajstić information content (AvgIpc) is 3.23. The number of phosphoric acid groups is 2. The van der Waals surface area contributed by atoms with Crippen molar-refractivity contribution in [3.05, 3.63) is 97.2 Å². The molecule has 0 saturated carbocycles. The van der Waals surface area contributed by atoms with Crippen LogP contribution in [0.15, 0.2) is 97.2 Å². The maximum atomic E-state index is 12.6. The Hall–Kier alpha value is -3.00. The summed E-state index contributed by atoms with van der Waals surface area (Å²) < 4.78 is 47.6. The van der Waals surface area contributed by atoms with Crippen molar-refractivity contribution in [2.75, 3.05) is 26.4 Å². The molecule has 62 heavy (non-hydrogen) atoms. The van der Waals surface area contributed by atoms with Crippen molar-refractivity contribution < 1.29 is 66.7 Å². The van der Waals surface area contributed by atoms with Gasteiger partial charge in [-0.2, -0.15) is 0 Å². The van der Waals surface area contributed by atoms with Gasteiger partial charge in [0.25, 0.3) is 0 Å². The smallest absolute Gasteiger partial charge is 0.462 e. The van der Waals surface area contributed by atoms with E-state index in [1.807, 2.05) is 31.2 Å². The summed E-state index contributed by atoms with van der Waals surface area (Å²) in [5.74, 6) is -1.19. The number of ether oxygens (including phenoxy) is 2. The standard InChI is InChI=1S/C46H76O14P2/c1-3-5-6-7-8-9-10-11-12-13-14-19-22-25-28-31-34-37-46(50)60-44(41-59-62(54,55)58-39-43(48)38-57-61(51,52)53)40-56-45(49)36-33-30-27-24-21-18-16-15-17-20-23-26-29-32-35-42(47)4-2/h8-9,11-12,14,16-20,24-29,42-44,47-48H,3-7,10,13,15,21-23,30-41H2,1-2H3,(H,54,55)(H2,51,52,53)/b9-8-,12-11-,18-16-,19-14-,20-17-,27-24-,28-25-,29-26-/t42-,43-,44+/m0/s1. The Morgan fingerprint density at radius 3 is 1.39 bits per heavy atom. The number of aliphatic hydroxyl groups is 2. The lowest BCUT2D eigenvalue weighted by Gasteiger charge is -2.20. The Balaban J connectivity index is 4.73. The monoisotopic (exact) mass is 914 g/mol. The van der Waals surface area contributed by atoms with Crippen LogP contribution in [0, 0.1) is 0 Å². The lowest BCUT2D eigenvalue weighted by atomic mass is 10.1. The highest BCUT2D eigenvalue weighted by Crippen LogP contribution is 2.43. The molecule has 0 heterocycles. The van der Waals surface area contributed by atoms with Gasteiger partial charge >= 0.3 is 27.6 Å². The van der Waals surface area contributed by atoms with Crippen molar-refractivity contribution in [1.82, 2.24) is 0 Å². The molecule has 0 aliphatic carbocycles. The maximum Gasteiger partial charge on any atom is 0.472 e. The summed E-state index contributed by atoms with van der Waals surface area (Å²) in [4.78, 5) is 52.7. The number of allylic oxidation sites excluding steroid dienone is 16. The van der Waals surface area contributed by atoms with Crippen LogP contribution in [0.3, 0.4) is 0 Å². The van der Waals surface area contributed by atoms with E-state index in [-0.39, 0.29) is 18.9 Å². The van der Waals surface area contributed by atoms with Crippen LogP contribution in [0.4, 0.5) is 0 Å². The van der Waals surface area contributed by atoms with Crippen LogP contribution in [0.5, 0.6) is 0 Å². The normalized spacial score (nSPS) is 15.4. The molecule has 4 atom stereocenters. The highest BCUT2D eigenvalue weighted by atomic mass is 31.2. The number of aliphatic hydroxyl groups excluding tert-OH is 2. The van der Waals surface area contributed by atoms with E-state index in [9.17, 15) is 33.8 Å². The van der Waals surface area contributed by atoms with Crippen LogP contribution < -0.4 is 0 Å². The summed E-state index contributed by atoms with van der Waals surface area (Å²) in [5.41, 5.74) is 0. The number of carbonyl (C=O) groups is 2. The third-order valence-electron chi connectivity index (χ3n) is 8.60. The van der Waals surface area contributed by atoms with Crippen molar-refractivity contribution in [2.24, 2.45) is 0 Å². The van der Waals surface area contributed by atoms with Gasteiger partial charge in [0.1, 0.15) is 12.7 Å². The molecule has 0 aliphatic rings. The first-order chi connectivity index (χ1) is 29.8. The van der Waals surface area contributed by atoms with Gasteiger partial charge in [-0.3, -0.25) is 23.2 Å². The summed E-state index contributed by atoms with van der Waals surface area (Å²) in [7, 11) is -9.73. The largest absolute Gasteiger partial charge is 0.472 e. The average molecular weight is 915 g/mol. The zero-order chi connectivity index (χ0) is 46.0. The zero-order valence-electron chi connectivity index (χ0n) is 37.0. The molecule has 0 aromatic heterocycles. The second-order valence-electron chi connectivity index (χ2n) is 14.4. The number of hydrogen-bond donors (Lipinski definition) is 5. The van der Waals surface area contributed by atoms with E-state index in [4.69, 9.17) is 23.8 Å². The molecular formula is C46H76O14P2. The second kappa shape index (κ2) is 40.8. The summed E-state index contributed by atoms with van der Waals surface area (Å²) in [6, 6.07) is 0. The number of phosphoric ester groups is 2. The van der Waals surface area contributed by atoms with E-state index in [1.165, 1.54) is 19.3 Å². The minimum absolute atomic E-state index is 0.0314. The SMILES string of the molecule is CCCCC/C=C\C/C=C\C/C=C\C/C=C\CCCC(=O)O[C@H](COC(=O)CCC/C=C\C/C=C\C/C=C\C/C=C\CC[C@@H](O)CC)COP(=O)(O)OC[C@@H](O)COP(=O)(O)O. The first kappa shape index (κ1) is 59.0. The molecule has 16 heteroatoms. The predicted octanol–water partition coefficient (Wildman–Crippen LogP) is 10.3. The molecule has 354 valence electrons. The highest BCUT2D eigenvalue weighted by molar-refractivity contribution is 7.47. The topological polar surface area (TPSA) is 216 Å². The molecule has 1 unspecified atom stereocenters. The van der Waals surface area contributed by atoms with Crippen LogP contribution in [0.2, 0.25) is 0 Å². The van der Waals surface area contributed by atoms with Crippen molar-refractivity contribution >= 4 is 27.6 Å². The van der Waals surface area contributed by atoms with E-state index >= 15 is 0 Å².